The minimum absolute atomic E-state index is 0.469. The quantitative estimate of drug-likeness (QED) is 0.461. The molecule has 1 fully saturated rings. The minimum atomic E-state index is 0.469. The lowest BCUT2D eigenvalue weighted by Gasteiger charge is -2.28. The Bertz CT molecular complexity index is 90.6. The first-order valence-electron chi connectivity index (χ1n) is 3.84. The van der Waals surface area contributed by atoms with Crippen molar-refractivity contribution in [2.24, 2.45) is 11.8 Å². The third-order valence-corrected chi connectivity index (χ3v) is 2.93. The van der Waals surface area contributed by atoms with Gasteiger partial charge in [-0.15, -0.1) is 11.6 Å². The predicted molar refractivity (Wildman–Crippen MR) is 41.8 cm³/mol. The van der Waals surface area contributed by atoms with Gasteiger partial charge in [0.2, 0.25) is 0 Å². The Hall–Kier alpha value is 0.290. The number of hydrogen-bond acceptors (Lipinski definition) is 0. The van der Waals surface area contributed by atoms with Gasteiger partial charge >= 0.3 is 0 Å². The summed E-state index contributed by atoms with van der Waals surface area (Å²) in [4.78, 5) is 0. The van der Waals surface area contributed by atoms with Crippen LogP contribution >= 0.6 is 11.6 Å². The second-order valence-corrected chi connectivity index (χ2v) is 3.98. The Labute approximate surface area is 62.6 Å². The molecule has 0 N–H and O–H groups in total. The minimum Gasteiger partial charge on any atom is -0.123 e. The number of alkyl halides is 1. The largest absolute Gasteiger partial charge is 0.123 e. The lowest BCUT2D eigenvalue weighted by atomic mass is 9.82. The Morgan fingerprint density at radius 3 is 2.22 bits per heavy atom. The molecule has 1 aliphatic rings. The molecular formula is C8H15Cl. The Kier molecular flexibility index (Phi) is 2.40. The highest BCUT2D eigenvalue weighted by atomic mass is 35.5. The van der Waals surface area contributed by atoms with E-state index in [2.05, 4.69) is 13.8 Å². The van der Waals surface area contributed by atoms with E-state index < -0.39 is 0 Å². The van der Waals surface area contributed by atoms with Crippen LogP contribution in [0.2, 0.25) is 0 Å². The van der Waals surface area contributed by atoms with Crippen LogP contribution in [0, 0.1) is 11.8 Å². The summed E-state index contributed by atoms with van der Waals surface area (Å²) >= 11 is 5.98. The Morgan fingerprint density at radius 2 is 1.78 bits per heavy atom. The monoisotopic (exact) mass is 146 g/mol. The maximum absolute atomic E-state index is 5.98. The zero-order valence-corrected chi connectivity index (χ0v) is 6.99. The smallest absolute Gasteiger partial charge is 0.0338 e. The van der Waals surface area contributed by atoms with Crippen molar-refractivity contribution in [2.75, 3.05) is 0 Å². The van der Waals surface area contributed by atoms with Gasteiger partial charge in [0.25, 0.3) is 0 Å². The summed E-state index contributed by atoms with van der Waals surface area (Å²) < 4.78 is 0. The van der Waals surface area contributed by atoms with E-state index in [0.29, 0.717) is 5.38 Å². The first kappa shape index (κ1) is 7.40. The molecule has 1 rings (SSSR count). The van der Waals surface area contributed by atoms with Crippen LogP contribution in [-0.4, -0.2) is 5.38 Å². The second-order valence-electron chi connectivity index (χ2n) is 3.36. The summed E-state index contributed by atoms with van der Waals surface area (Å²) in [7, 11) is 0. The SMILES string of the molecule is C[C@@H]1CCC(Cl)C[C@@H]1C. The van der Waals surface area contributed by atoms with Crippen LogP contribution in [0.4, 0.5) is 0 Å². The average Bonchev–Trinajstić information content (AvgIpc) is 1.80. The van der Waals surface area contributed by atoms with Gasteiger partial charge in [0.15, 0.2) is 0 Å². The molecule has 0 heterocycles. The van der Waals surface area contributed by atoms with Gasteiger partial charge in [-0.3, -0.25) is 0 Å². The van der Waals surface area contributed by atoms with Crippen LogP contribution in [0.3, 0.4) is 0 Å². The topological polar surface area (TPSA) is 0 Å². The Balaban J connectivity index is 2.35. The van der Waals surface area contributed by atoms with E-state index >= 15 is 0 Å². The molecule has 0 aromatic rings. The van der Waals surface area contributed by atoms with E-state index in [0.717, 1.165) is 11.8 Å². The van der Waals surface area contributed by atoms with E-state index in [1.807, 2.05) is 0 Å². The number of rotatable bonds is 0. The van der Waals surface area contributed by atoms with Crippen molar-refractivity contribution in [3.05, 3.63) is 0 Å². The van der Waals surface area contributed by atoms with Gasteiger partial charge in [0.05, 0.1) is 0 Å². The van der Waals surface area contributed by atoms with Crippen molar-refractivity contribution < 1.29 is 0 Å². The van der Waals surface area contributed by atoms with Crippen molar-refractivity contribution >= 4 is 11.6 Å². The molecule has 0 nitrogen and oxygen atoms in total. The van der Waals surface area contributed by atoms with E-state index in [1.165, 1.54) is 19.3 Å². The zero-order chi connectivity index (χ0) is 6.85. The summed E-state index contributed by atoms with van der Waals surface area (Å²) in [6.07, 6.45) is 3.78. The fraction of sp³-hybridized carbons (Fsp3) is 1.00. The predicted octanol–water partition coefficient (Wildman–Crippen LogP) is 3.05. The number of halogens is 1. The molecule has 0 bridgehead atoms. The molecule has 1 heteroatoms. The molecule has 3 atom stereocenters. The first-order valence-corrected chi connectivity index (χ1v) is 4.28. The van der Waals surface area contributed by atoms with Gasteiger partial charge in [0, 0.05) is 5.38 Å². The van der Waals surface area contributed by atoms with Crippen molar-refractivity contribution in [3.8, 4) is 0 Å². The molecule has 0 aliphatic heterocycles. The molecule has 0 amide bonds. The van der Waals surface area contributed by atoms with Crippen LogP contribution < -0.4 is 0 Å². The summed E-state index contributed by atoms with van der Waals surface area (Å²) in [6.45, 7) is 4.63. The van der Waals surface area contributed by atoms with Gasteiger partial charge < -0.3 is 0 Å². The van der Waals surface area contributed by atoms with Gasteiger partial charge in [-0.05, 0) is 31.1 Å². The van der Waals surface area contributed by atoms with Crippen LogP contribution in [-0.2, 0) is 0 Å². The standard InChI is InChI=1S/C8H15Cl/c1-6-3-4-8(9)5-7(6)2/h6-8H,3-5H2,1-2H3/t6-,7+,8?/m1/s1. The van der Waals surface area contributed by atoms with Crippen molar-refractivity contribution in [2.45, 2.75) is 38.5 Å². The van der Waals surface area contributed by atoms with E-state index in [-0.39, 0.29) is 0 Å². The third-order valence-electron chi connectivity index (χ3n) is 2.53. The molecule has 9 heavy (non-hydrogen) atoms. The highest BCUT2D eigenvalue weighted by molar-refractivity contribution is 6.20. The molecule has 0 aromatic carbocycles. The van der Waals surface area contributed by atoms with Crippen LogP contribution in [0.25, 0.3) is 0 Å². The van der Waals surface area contributed by atoms with E-state index in [9.17, 15) is 0 Å². The molecule has 0 spiro atoms. The van der Waals surface area contributed by atoms with Crippen LogP contribution in [0.15, 0.2) is 0 Å². The molecule has 0 radical (unpaired) electrons. The first-order chi connectivity index (χ1) is 4.20. The molecule has 0 aromatic heterocycles. The number of hydrogen-bond donors (Lipinski definition) is 0. The molecule has 0 saturated heterocycles. The molecular weight excluding hydrogens is 132 g/mol. The summed E-state index contributed by atoms with van der Waals surface area (Å²) in [6, 6.07) is 0. The van der Waals surface area contributed by atoms with Crippen molar-refractivity contribution in [1.29, 1.82) is 0 Å². The lowest BCUT2D eigenvalue weighted by molar-refractivity contribution is 0.281. The van der Waals surface area contributed by atoms with Gasteiger partial charge in [0.1, 0.15) is 0 Å². The fourth-order valence-corrected chi connectivity index (χ4v) is 1.89. The van der Waals surface area contributed by atoms with Gasteiger partial charge in [-0.25, -0.2) is 0 Å². The molecule has 1 saturated carbocycles. The molecule has 54 valence electrons. The van der Waals surface area contributed by atoms with Crippen LogP contribution in [0.5, 0.6) is 0 Å². The highest BCUT2D eigenvalue weighted by Crippen LogP contribution is 2.31. The summed E-state index contributed by atoms with van der Waals surface area (Å²) in [5.41, 5.74) is 0. The van der Waals surface area contributed by atoms with Crippen LogP contribution in [0.1, 0.15) is 33.1 Å². The summed E-state index contributed by atoms with van der Waals surface area (Å²) in [5.74, 6) is 1.75. The van der Waals surface area contributed by atoms with Gasteiger partial charge in [-0.1, -0.05) is 13.8 Å². The van der Waals surface area contributed by atoms with Crippen molar-refractivity contribution in [1.82, 2.24) is 0 Å². The average molecular weight is 147 g/mol. The molecule has 1 aliphatic carbocycles. The second kappa shape index (κ2) is 2.92. The highest BCUT2D eigenvalue weighted by Gasteiger charge is 2.22. The maximum atomic E-state index is 5.98. The fourth-order valence-electron chi connectivity index (χ4n) is 1.48. The zero-order valence-electron chi connectivity index (χ0n) is 6.23. The van der Waals surface area contributed by atoms with Gasteiger partial charge in [-0.2, -0.15) is 0 Å². The maximum Gasteiger partial charge on any atom is 0.0338 e. The third kappa shape index (κ3) is 1.86. The van der Waals surface area contributed by atoms with Crippen molar-refractivity contribution in [3.63, 3.8) is 0 Å². The lowest BCUT2D eigenvalue weighted by Crippen LogP contribution is -2.20. The van der Waals surface area contributed by atoms with E-state index in [4.69, 9.17) is 11.6 Å². The normalized spacial score (nSPS) is 45.0. The summed E-state index contributed by atoms with van der Waals surface area (Å²) in [5, 5.41) is 0.469. The molecule has 1 unspecified atom stereocenters. The van der Waals surface area contributed by atoms with E-state index in [1.54, 1.807) is 0 Å². The Morgan fingerprint density at radius 1 is 1.11 bits per heavy atom.